The molecule has 0 aliphatic rings. The lowest BCUT2D eigenvalue weighted by Gasteiger charge is -2.03. The van der Waals surface area contributed by atoms with Crippen molar-refractivity contribution in [1.82, 2.24) is 20.0 Å². The molecule has 4 aromatic carbocycles. The van der Waals surface area contributed by atoms with E-state index in [-0.39, 0.29) is 17.5 Å². The Morgan fingerprint density at radius 1 is 0.700 bits per heavy atom. The maximum atomic E-state index is 13.5. The highest BCUT2D eigenvalue weighted by atomic mass is 32.2. The van der Waals surface area contributed by atoms with Crippen molar-refractivity contribution in [2.75, 3.05) is 0 Å². The molecule has 0 aliphatic carbocycles. The van der Waals surface area contributed by atoms with Gasteiger partial charge in [0.15, 0.2) is 5.76 Å². The highest BCUT2D eigenvalue weighted by Gasteiger charge is 2.19. The molecule has 40 heavy (non-hydrogen) atoms. The lowest BCUT2D eigenvalue weighted by molar-refractivity contribution is 0.527. The fourth-order valence-corrected chi connectivity index (χ4v) is 5.07. The molecular formula is C30H19F3N4O2S. The minimum Gasteiger partial charge on any atom is -0.439 e. The molecule has 0 spiro atoms. The first-order valence-corrected chi connectivity index (χ1v) is 13.4. The minimum absolute atomic E-state index is 0.00717. The van der Waals surface area contributed by atoms with Crippen LogP contribution in [-0.4, -0.2) is 24.2 Å². The van der Waals surface area contributed by atoms with Crippen molar-refractivity contribution in [3.05, 3.63) is 127 Å². The Balaban J connectivity index is 1.23. The van der Waals surface area contributed by atoms with Gasteiger partial charge in [0.1, 0.15) is 34.6 Å². The van der Waals surface area contributed by atoms with Gasteiger partial charge in [-0.2, -0.15) is 0 Å². The Hall–Kier alpha value is -4.83. The Kier molecular flexibility index (Phi) is 6.83. The molecule has 0 saturated heterocycles. The first-order chi connectivity index (χ1) is 19.4. The van der Waals surface area contributed by atoms with E-state index in [0.717, 1.165) is 5.56 Å². The van der Waals surface area contributed by atoms with Crippen molar-refractivity contribution >= 4 is 10.8 Å². The van der Waals surface area contributed by atoms with E-state index in [1.54, 1.807) is 71.5 Å². The molecule has 6 rings (SSSR count). The van der Waals surface area contributed by atoms with Gasteiger partial charge in [0.25, 0.3) is 0 Å². The maximum Gasteiger partial charge on any atom is 0.208 e. The largest absolute Gasteiger partial charge is 0.439 e. The van der Waals surface area contributed by atoms with Crippen LogP contribution in [0.1, 0.15) is 5.89 Å². The van der Waals surface area contributed by atoms with Crippen molar-refractivity contribution < 1.29 is 21.8 Å². The van der Waals surface area contributed by atoms with Gasteiger partial charge >= 0.3 is 0 Å². The third-order valence-corrected chi connectivity index (χ3v) is 7.45. The molecule has 2 heterocycles. The van der Waals surface area contributed by atoms with Gasteiger partial charge in [0.2, 0.25) is 5.89 Å². The maximum absolute atomic E-state index is 13.5. The summed E-state index contributed by atoms with van der Waals surface area (Å²) in [7, 11) is -1.50. The minimum atomic E-state index is -1.50. The van der Waals surface area contributed by atoms with Crippen LogP contribution in [0.15, 0.2) is 113 Å². The van der Waals surface area contributed by atoms with Gasteiger partial charge < -0.3 is 4.42 Å². The average molecular weight is 557 g/mol. The molecule has 1 unspecified atom stereocenters. The Bertz CT molecular complexity index is 1740. The second-order valence-electron chi connectivity index (χ2n) is 8.84. The summed E-state index contributed by atoms with van der Waals surface area (Å²) in [5, 5.41) is 8.28. The van der Waals surface area contributed by atoms with Gasteiger partial charge in [-0.1, -0.05) is 5.21 Å². The molecule has 6 nitrogen and oxygen atoms in total. The predicted octanol–water partition coefficient (Wildman–Crippen LogP) is 6.98. The Morgan fingerprint density at radius 3 is 1.85 bits per heavy atom. The van der Waals surface area contributed by atoms with E-state index in [2.05, 4.69) is 15.3 Å². The van der Waals surface area contributed by atoms with E-state index in [1.165, 1.54) is 36.4 Å². The summed E-state index contributed by atoms with van der Waals surface area (Å²) < 4.78 is 61.0. The Morgan fingerprint density at radius 2 is 1.25 bits per heavy atom. The standard InChI is InChI=1S/C30H19F3N4O2S/c31-22-7-1-19(2-8-22)27-17-37(36-35-27)25-13-15-26(16-14-25)40(38)18-28-34-29(20-3-9-23(32)10-4-20)30(39-28)21-5-11-24(33)12-6-21/h1-17H,18H2. The molecule has 198 valence electrons. The molecule has 10 heteroatoms. The summed E-state index contributed by atoms with van der Waals surface area (Å²) in [6.07, 6.45) is 1.72. The number of oxazole rings is 1. The summed E-state index contributed by atoms with van der Waals surface area (Å²) >= 11 is 0. The summed E-state index contributed by atoms with van der Waals surface area (Å²) in [4.78, 5) is 5.10. The second kappa shape index (κ2) is 10.7. The first-order valence-electron chi connectivity index (χ1n) is 12.1. The predicted molar refractivity (Wildman–Crippen MR) is 144 cm³/mol. The average Bonchev–Trinajstić information content (AvgIpc) is 3.63. The third kappa shape index (κ3) is 5.34. The quantitative estimate of drug-likeness (QED) is 0.212. The van der Waals surface area contributed by atoms with Crippen LogP contribution in [0, 0.1) is 17.5 Å². The van der Waals surface area contributed by atoms with Gasteiger partial charge in [-0.05, 0) is 97.1 Å². The van der Waals surface area contributed by atoms with E-state index >= 15 is 0 Å². The molecule has 0 amide bonds. The van der Waals surface area contributed by atoms with Crippen LogP contribution >= 0.6 is 0 Å². The summed E-state index contributed by atoms with van der Waals surface area (Å²) in [6.45, 7) is 0. The highest BCUT2D eigenvalue weighted by molar-refractivity contribution is 7.84. The van der Waals surface area contributed by atoms with Gasteiger partial charge in [0, 0.05) is 21.6 Å². The van der Waals surface area contributed by atoms with E-state index < -0.39 is 22.4 Å². The van der Waals surface area contributed by atoms with Crippen LogP contribution in [0.2, 0.25) is 0 Å². The smallest absolute Gasteiger partial charge is 0.208 e. The van der Waals surface area contributed by atoms with Crippen LogP contribution in [0.5, 0.6) is 0 Å². The fraction of sp³-hybridized carbons (Fsp3) is 0.0333. The SMILES string of the molecule is O=S(Cc1nc(-c2ccc(F)cc2)c(-c2ccc(F)cc2)o1)c1ccc(-n2cc(-c3ccc(F)cc3)nn2)cc1. The van der Waals surface area contributed by atoms with Crippen molar-refractivity contribution in [2.45, 2.75) is 10.6 Å². The van der Waals surface area contributed by atoms with Crippen molar-refractivity contribution in [3.63, 3.8) is 0 Å². The molecular weight excluding hydrogens is 537 g/mol. The summed E-state index contributed by atoms with van der Waals surface area (Å²) in [5.41, 5.74) is 3.66. The number of rotatable bonds is 7. The number of benzene rings is 4. The zero-order valence-corrected chi connectivity index (χ0v) is 21.5. The number of hydrogen-bond donors (Lipinski definition) is 0. The molecule has 0 N–H and O–H groups in total. The first kappa shape index (κ1) is 25.4. The molecule has 1 atom stereocenters. The van der Waals surface area contributed by atoms with Crippen LogP contribution < -0.4 is 0 Å². The molecule has 0 fully saturated rings. The molecule has 0 saturated carbocycles. The Labute approximate surface area is 229 Å². The molecule has 6 aromatic rings. The number of aromatic nitrogens is 4. The van der Waals surface area contributed by atoms with E-state index in [9.17, 15) is 17.4 Å². The second-order valence-corrected chi connectivity index (χ2v) is 10.3. The fourth-order valence-electron chi connectivity index (χ4n) is 4.12. The van der Waals surface area contributed by atoms with E-state index in [0.29, 0.717) is 38.9 Å². The van der Waals surface area contributed by atoms with Crippen molar-refractivity contribution in [2.24, 2.45) is 0 Å². The monoisotopic (exact) mass is 556 g/mol. The van der Waals surface area contributed by atoms with Crippen LogP contribution in [0.3, 0.4) is 0 Å². The van der Waals surface area contributed by atoms with Crippen LogP contribution in [-0.2, 0) is 16.6 Å². The summed E-state index contributed by atoms with van der Waals surface area (Å²) in [5.74, 6) is -0.527. The van der Waals surface area contributed by atoms with Gasteiger partial charge in [-0.25, -0.2) is 22.8 Å². The summed E-state index contributed by atoms with van der Waals surface area (Å²) in [6, 6.07) is 24.5. The normalized spacial score (nSPS) is 12.0. The highest BCUT2D eigenvalue weighted by Crippen LogP contribution is 2.33. The number of hydrogen-bond acceptors (Lipinski definition) is 5. The van der Waals surface area contributed by atoms with Crippen LogP contribution in [0.25, 0.3) is 39.5 Å². The zero-order valence-electron chi connectivity index (χ0n) is 20.7. The van der Waals surface area contributed by atoms with Gasteiger partial charge in [-0.3, -0.25) is 4.21 Å². The zero-order chi connectivity index (χ0) is 27.6. The number of nitrogens with zero attached hydrogens (tertiary/aromatic N) is 4. The van der Waals surface area contributed by atoms with Crippen molar-refractivity contribution in [1.29, 1.82) is 0 Å². The lowest BCUT2D eigenvalue weighted by atomic mass is 10.1. The van der Waals surface area contributed by atoms with Gasteiger partial charge in [-0.15, -0.1) is 5.10 Å². The topological polar surface area (TPSA) is 73.8 Å². The molecule has 0 radical (unpaired) electrons. The van der Waals surface area contributed by atoms with E-state index in [1.807, 2.05) is 0 Å². The van der Waals surface area contributed by atoms with Crippen LogP contribution in [0.4, 0.5) is 13.2 Å². The molecule has 2 aromatic heterocycles. The molecule has 0 bridgehead atoms. The molecule has 0 aliphatic heterocycles. The van der Waals surface area contributed by atoms with Crippen molar-refractivity contribution in [3.8, 4) is 39.5 Å². The third-order valence-electron chi connectivity index (χ3n) is 6.15. The number of halogens is 3. The lowest BCUT2D eigenvalue weighted by Crippen LogP contribution is -1.99. The van der Waals surface area contributed by atoms with E-state index in [4.69, 9.17) is 4.42 Å². The van der Waals surface area contributed by atoms with Gasteiger partial charge in [0.05, 0.1) is 22.7 Å².